The molecule has 3 fully saturated rings. The molecular weight excluding hydrogens is 396 g/mol. The first-order valence-corrected chi connectivity index (χ1v) is 12.6. The molecule has 32 heavy (non-hydrogen) atoms. The average molecular weight is 431 g/mol. The Balaban J connectivity index is 1.39. The van der Waals surface area contributed by atoms with Crippen molar-refractivity contribution in [2.45, 2.75) is 95.7 Å². The first-order chi connectivity index (χ1) is 15.7. The number of rotatable bonds is 4. The van der Waals surface area contributed by atoms with Crippen LogP contribution in [0.5, 0.6) is 5.75 Å². The van der Waals surface area contributed by atoms with Crippen LogP contribution in [0.4, 0.5) is 0 Å². The normalized spacial score (nSPS) is 27.7. The Morgan fingerprint density at radius 2 is 1.69 bits per heavy atom. The Hall–Kier alpha value is -2.54. The highest BCUT2D eigenvalue weighted by Gasteiger charge is 2.37. The molecule has 5 rings (SSSR count). The van der Waals surface area contributed by atoms with E-state index in [2.05, 4.69) is 17.9 Å². The van der Waals surface area contributed by atoms with Crippen molar-refractivity contribution in [3.8, 4) is 11.8 Å². The molecule has 2 saturated heterocycles. The molecule has 1 amide bonds. The van der Waals surface area contributed by atoms with E-state index in [-0.39, 0.29) is 12.0 Å². The summed E-state index contributed by atoms with van der Waals surface area (Å²) in [5.41, 5.74) is 1.33. The second-order valence-electron chi connectivity index (χ2n) is 10.0. The van der Waals surface area contributed by atoms with E-state index in [0.717, 1.165) is 60.8 Å². The van der Waals surface area contributed by atoms with Gasteiger partial charge in [0, 0.05) is 23.0 Å². The molecule has 1 aliphatic carbocycles. The molecule has 0 unspecified atom stereocenters. The van der Waals surface area contributed by atoms with E-state index in [0.29, 0.717) is 23.4 Å². The Kier molecular flexibility index (Phi) is 6.09. The third-order valence-electron chi connectivity index (χ3n) is 8.18. The van der Waals surface area contributed by atoms with Crippen molar-refractivity contribution in [1.29, 1.82) is 5.26 Å². The van der Waals surface area contributed by atoms with E-state index in [1.54, 1.807) is 0 Å². The van der Waals surface area contributed by atoms with Crippen molar-refractivity contribution in [3.05, 3.63) is 41.5 Å². The molecule has 3 aliphatic rings. The summed E-state index contributed by atoms with van der Waals surface area (Å²) in [6, 6.07) is 12.9. The van der Waals surface area contributed by atoms with Gasteiger partial charge < -0.3 is 9.64 Å². The fourth-order valence-electron chi connectivity index (χ4n) is 6.30. The van der Waals surface area contributed by atoms with Crippen LogP contribution in [-0.2, 0) is 0 Å². The number of hydrogen-bond donors (Lipinski definition) is 0. The maximum atomic E-state index is 13.4. The van der Waals surface area contributed by atoms with Gasteiger partial charge in [-0.2, -0.15) is 5.26 Å². The Labute approximate surface area is 191 Å². The molecule has 0 aromatic heterocycles. The number of carbonyl (C=O) groups excluding carboxylic acids is 1. The Morgan fingerprint density at radius 1 is 1.00 bits per heavy atom. The predicted octanol–water partition coefficient (Wildman–Crippen LogP) is 6.61. The number of nitrogens with zero attached hydrogens (tertiary/aromatic N) is 2. The maximum Gasteiger partial charge on any atom is 0.254 e. The molecule has 2 aromatic rings. The van der Waals surface area contributed by atoms with Gasteiger partial charge in [0.05, 0.1) is 6.10 Å². The van der Waals surface area contributed by atoms with Crippen LogP contribution in [0.3, 0.4) is 0 Å². The summed E-state index contributed by atoms with van der Waals surface area (Å²) in [6.45, 7) is 2.26. The van der Waals surface area contributed by atoms with E-state index in [9.17, 15) is 10.1 Å². The minimum atomic E-state index is 0.160. The van der Waals surface area contributed by atoms with Crippen molar-refractivity contribution < 1.29 is 9.53 Å². The molecule has 2 bridgehead atoms. The smallest absolute Gasteiger partial charge is 0.254 e. The first kappa shape index (κ1) is 21.3. The number of hydrogen-bond acceptors (Lipinski definition) is 3. The zero-order valence-electron chi connectivity index (χ0n) is 19.2. The SMILES string of the molecule is CCC1CCC(Oc2ccc3cc(C(=O)N4C5CCCC4CCC5)ccc3c2C#N)CC1. The van der Waals surface area contributed by atoms with Crippen LogP contribution in [0.2, 0.25) is 0 Å². The van der Waals surface area contributed by atoms with Gasteiger partial charge in [0.25, 0.3) is 5.91 Å². The second kappa shape index (κ2) is 9.14. The lowest BCUT2D eigenvalue weighted by Gasteiger charge is -2.46. The lowest BCUT2D eigenvalue weighted by Crippen LogP contribution is -2.52. The summed E-state index contributed by atoms with van der Waals surface area (Å²) in [5, 5.41) is 11.7. The van der Waals surface area contributed by atoms with Gasteiger partial charge in [-0.05, 0) is 93.7 Å². The summed E-state index contributed by atoms with van der Waals surface area (Å²) in [7, 11) is 0. The van der Waals surface area contributed by atoms with Crippen molar-refractivity contribution in [1.82, 2.24) is 4.90 Å². The summed E-state index contributed by atoms with van der Waals surface area (Å²) in [6.07, 6.45) is 13.0. The number of benzene rings is 2. The van der Waals surface area contributed by atoms with Gasteiger partial charge >= 0.3 is 0 Å². The Morgan fingerprint density at radius 3 is 2.31 bits per heavy atom. The summed E-state index contributed by atoms with van der Waals surface area (Å²) >= 11 is 0. The number of fused-ring (bicyclic) bond motifs is 3. The zero-order chi connectivity index (χ0) is 22.1. The molecule has 0 N–H and O–H groups in total. The van der Waals surface area contributed by atoms with Gasteiger partial charge in [0.1, 0.15) is 17.4 Å². The molecule has 168 valence electrons. The van der Waals surface area contributed by atoms with Gasteiger partial charge in [-0.15, -0.1) is 0 Å². The van der Waals surface area contributed by atoms with Crippen LogP contribution in [-0.4, -0.2) is 29.0 Å². The van der Waals surface area contributed by atoms with Crippen molar-refractivity contribution in [3.63, 3.8) is 0 Å². The van der Waals surface area contributed by atoms with Crippen molar-refractivity contribution >= 4 is 16.7 Å². The van der Waals surface area contributed by atoms with Crippen LogP contribution >= 0.6 is 0 Å². The molecule has 1 saturated carbocycles. The molecule has 2 aliphatic heterocycles. The van der Waals surface area contributed by atoms with Crippen LogP contribution in [0.25, 0.3) is 10.8 Å². The number of ether oxygens (including phenoxy) is 1. The third kappa shape index (κ3) is 3.98. The summed E-state index contributed by atoms with van der Waals surface area (Å²) < 4.78 is 6.30. The van der Waals surface area contributed by atoms with E-state index >= 15 is 0 Å². The van der Waals surface area contributed by atoms with Crippen LogP contribution in [0.1, 0.15) is 93.5 Å². The third-order valence-corrected chi connectivity index (χ3v) is 8.18. The molecule has 0 spiro atoms. The quantitative estimate of drug-likeness (QED) is 0.549. The molecule has 4 heteroatoms. The van der Waals surface area contributed by atoms with E-state index in [1.165, 1.54) is 32.1 Å². The molecule has 0 atom stereocenters. The van der Waals surface area contributed by atoms with E-state index < -0.39 is 0 Å². The minimum absolute atomic E-state index is 0.160. The van der Waals surface area contributed by atoms with Crippen LogP contribution in [0, 0.1) is 17.2 Å². The van der Waals surface area contributed by atoms with E-state index in [4.69, 9.17) is 4.74 Å². The number of amides is 1. The minimum Gasteiger partial charge on any atom is -0.489 e. The zero-order valence-corrected chi connectivity index (χ0v) is 19.2. The molecule has 2 heterocycles. The second-order valence-corrected chi connectivity index (χ2v) is 10.0. The number of nitriles is 1. The molecule has 0 radical (unpaired) electrons. The van der Waals surface area contributed by atoms with Gasteiger partial charge in [-0.25, -0.2) is 0 Å². The lowest BCUT2D eigenvalue weighted by atomic mass is 9.84. The van der Waals surface area contributed by atoms with Gasteiger partial charge in [0.2, 0.25) is 0 Å². The highest BCUT2D eigenvalue weighted by atomic mass is 16.5. The fourth-order valence-corrected chi connectivity index (χ4v) is 6.30. The van der Waals surface area contributed by atoms with E-state index in [1.807, 2.05) is 30.3 Å². The molecule has 4 nitrogen and oxygen atoms in total. The van der Waals surface area contributed by atoms with Gasteiger partial charge in [0.15, 0.2) is 0 Å². The molecule has 2 aromatic carbocycles. The fraction of sp³-hybridized carbons (Fsp3) is 0.571. The monoisotopic (exact) mass is 430 g/mol. The van der Waals surface area contributed by atoms with Crippen molar-refractivity contribution in [2.75, 3.05) is 0 Å². The lowest BCUT2D eigenvalue weighted by molar-refractivity contribution is 0.0285. The van der Waals surface area contributed by atoms with Gasteiger partial charge in [-0.1, -0.05) is 25.5 Å². The predicted molar refractivity (Wildman–Crippen MR) is 127 cm³/mol. The Bertz CT molecular complexity index is 1010. The highest BCUT2D eigenvalue weighted by Crippen LogP contribution is 2.36. The number of piperidine rings is 2. The maximum absolute atomic E-state index is 13.4. The standard InChI is InChI=1S/C28H34N2O2/c1-2-19-9-13-24(14-10-19)32-27-16-12-20-17-21(11-15-25(20)26(27)18-29)28(31)30-22-5-3-6-23(30)8-4-7-22/h11-12,15-17,19,22-24H,2-10,13-14H2,1H3. The largest absolute Gasteiger partial charge is 0.489 e. The number of carbonyl (C=O) groups is 1. The van der Waals surface area contributed by atoms with Crippen LogP contribution in [0.15, 0.2) is 30.3 Å². The van der Waals surface area contributed by atoms with Crippen molar-refractivity contribution in [2.24, 2.45) is 5.92 Å². The highest BCUT2D eigenvalue weighted by molar-refractivity contribution is 6.00. The first-order valence-electron chi connectivity index (χ1n) is 12.6. The molecular formula is C28H34N2O2. The summed E-state index contributed by atoms with van der Waals surface area (Å²) in [5.74, 6) is 1.66. The van der Waals surface area contributed by atoms with Crippen LogP contribution < -0.4 is 4.74 Å². The van der Waals surface area contributed by atoms with Gasteiger partial charge in [-0.3, -0.25) is 4.79 Å². The summed E-state index contributed by atoms with van der Waals surface area (Å²) in [4.78, 5) is 15.6. The topological polar surface area (TPSA) is 53.3 Å². The average Bonchev–Trinajstić information content (AvgIpc) is 2.83.